The van der Waals surface area contributed by atoms with Crippen molar-refractivity contribution in [2.45, 2.75) is 56.1 Å². The summed E-state index contributed by atoms with van der Waals surface area (Å²) in [6, 6.07) is 14.1. The van der Waals surface area contributed by atoms with Crippen LogP contribution in [-0.2, 0) is 31.0 Å². The molecule has 1 saturated heterocycles. The number of piperidine rings is 1. The molecule has 0 bridgehead atoms. The quantitative estimate of drug-likeness (QED) is 0.246. The average Bonchev–Trinajstić information content (AvgIpc) is 3.31. The van der Waals surface area contributed by atoms with Crippen molar-refractivity contribution in [1.82, 2.24) is 15.2 Å². The van der Waals surface area contributed by atoms with Gasteiger partial charge >= 0.3 is 5.97 Å². The number of primary amides is 1. The molecule has 0 spiro atoms. The minimum absolute atomic E-state index is 0.116. The number of ketones is 1. The molecule has 1 aliphatic rings. The van der Waals surface area contributed by atoms with Gasteiger partial charge in [0.05, 0.1) is 17.0 Å². The van der Waals surface area contributed by atoms with Gasteiger partial charge in [-0.2, -0.15) is 0 Å². The van der Waals surface area contributed by atoms with Gasteiger partial charge in [0.15, 0.2) is 11.8 Å². The molecule has 2 unspecified atom stereocenters. The number of amides is 2. The van der Waals surface area contributed by atoms with Gasteiger partial charge in [0.1, 0.15) is 0 Å². The van der Waals surface area contributed by atoms with Gasteiger partial charge in [-0.05, 0) is 43.9 Å². The number of likely N-dealkylation sites (tertiary alicyclic amines) is 1. The maximum absolute atomic E-state index is 13.9. The Balaban J connectivity index is 1.61. The molecule has 2 heterocycles. The molecule has 1 fully saturated rings. The SMILES string of the molecule is CC(C)(N)C(=O)NC(Cc1c[nH]c2ccccc12)C(=O)C(C(N)=O)N1CCC(C(=O)O)(c2ccccc2)CC1. The van der Waals surface area contributed by atoms with Crippen molar-refractivity contribution >= 4 is 34.5 Å². The van der Waals surface area contributed by atoms with Crippen LogP contribution in [0.5, 0.6) is 0 Å². The van der Waals surface area contributed by atoms with Gasteiger partial charge in [-0.3, -0.25) is 24.1 Å². The lowest BCUT2D eigenvalue weighted by Gasteiger charge is -2.41. The van der Waals surface area contributed by atoms with Crippen LogP contribution in [0.4, 0.5) is 0 Å². The van der Waals surface area contributed by atoms with Crippen molar-refractivity contribution in [3.8, 4) is 0 Å². The van der Waals surface area contributed by atoms with E-state index in [9.17, 15) is 24.3 Å². The second kappa shape index (κ2) is 11.0. The minimum atomic E-state index is -1.34. The lowest BCUT2D eigenvalue weighted by atomic mass is 9.72. The summed E-state index contributed by atoms with van der Waals surface area (Å²) in [5.74, 6) is -2.91. The Bertz CT molecular complexity index is 1370. The van der Waals surface area contributed by atoms with Gasteiger partial charge < -0.3 is 26.9 Å². The molecule has 2 atom stereocenters. The van der Waals surface area contributed by atoms with Crippen LogP contribution in [-0.4, -0.2) is 69.3 Å². The topological polar surface area (TPSA) is 172 Å². The van der Waals surface area contributed by atoms with E-state index in [4.69, 9.17) is 11.5 Å². The van der Waals surface area contributed by atoms with Crippen LogP contribution in [0.25, 0.3) is 10.9 Å². The van der Waals surface area contributed by atoms with Gasteiger partial charge in [-0.1, -0.05) is 48.5 Å². The van der Waals surface area contributed by atoms with Crippen LogP contribution in [0.3, 0.4) is 0 Å². The van der Waals surface area contributed by atoms with Crippen LogP contribution in [0, 0.1) is 0 Å². The molecule has 0 saturated carbocycles. The first-order valence-corrected chi connectivity index (χ1v) is 12.9. The number of H-pyrrole nitrogens is 1. The minimum Gasteiger partial charge on any atom is -0.481 e. The van der Waals surface area contributed by atoms with Crippen molar-refractivity contribution in [3.05, 3.63) is 71.9 Å². The first-order chi connectivity index (χ1) is 18.4. The zero-order chi connectivity index (χ0) is 28.4. The number of nitrogens with two attached hydrogens (primary N) is 2. The molecular formula is C29H35N5O5. The third-order valence-corrected chi connectivity index (χ3v) is 7.62. The van der Waals surface area contributed by atoms with Crippen molar-refractivity contribution in [3.63, 3.8) is 0 Å². The van der Waals surface area contributed by atoms with Crippen LogP contribution in [0.1, 0.15) is 37.8 Å². The Morgan fingerprint density at radius 1 is 1.05 bits per heavy atom. The molecule has 0 aliphatic carbocycles. The predicted octanol–water partition coefficient (Wildman–Crippen LogP) is 1.47. The lowest BCUT2D eigenvalue weighted by molar-refractivity contribution is -0.147. The molecule has 7 N–H and O–H groups in total. The van der Waals surface area contributed by atoms with E-state index < -0.39 is 46.6 Å². The van der Waals surface area contributed by atoms with Gasteiger partial charge in [-0.25, -0.2) is 0 Å². The molecule has 1 aromatic heterocycles. The summed E-state index contributed by atoms with van der Waals surface area (Å²) in [5, 5.41) is 13.8. The van der Waals surface area contributed by atoms with E-state index in [2.05, 4.69) is 10.3 Å². The molecule has 4 rings (SSSR count). The van der Waals surface area contributed by atoms with Crippen LogP contribution in [0.15, 0.2) is 60.8 Å². The highest BCUT2D eigenvalue weighted by atomic mass is 16.4. The smallest absolute Gasteiger partial charge is 0.314 e. The number of para-hydroxylation sites is 1. The van der Waals surface area contributed by atoms with Crippen LogP contribution < -0.4 is 16.8 Å². The lowest BCUT2D eigenvalue weighted by Crippen LogP contribution is -2.62. The van der Waals surface area contributed by atoms with E-state index in [-0.39, 0.29) is 32.4 Å². The largest absolute Gasteiger partial charge is 0.481 e. The molecule has 1 aliphatic heterocycles. The number of carboxylic acids is 1. The third-order valence-electron chi connectivity index (χ3n) is 7.62. The average molecular weight is 534 g/mol. The Morgan fingerprint density at radius 3 is 2.26 bits per heavy atom. The maximum Gasteiger partial charge on any atom is 0.314 e. The summed E-state index contributed by atoms with van der Waals surface area (Å²) in [5.41, 5.74) is 11.7. The highest BCUT2D eigenvalue weighted by Gasteiger charge is 2.47. The van der Waals surface area contributed by atoms with E-state index in [0.717, 1.165) is 16.5 Å². The number of aromatic nitrogens is 1. The fourth-order valence-electron chi connectivity index (χ4n) is 5.33. The fraction of sp³-hybridized carbons (Fsp3) is 0.379. The van der Waals surface area contributed by atoms with Crippen LogP contribution in [0.2, 0.25) is 0 Å². The van der Waals surface area contributed by atoms with Crippen molar-refractivity contribution in [1.29, 1.82) is 0 Å². The molecular weight excluding hydrogens is 498 g/mol. The summed E-state index contributed by atoms with van der Waals surface area (Å²) < 4.78 is 0. The van der Waals surface area contributed by atoms with E-state index in [1.165, 1.54) is 13.8 Å². The van der Waals surface area contributed by atoms with Gasteiger partial charge in [-0.15, -0.1) is 0 Å². The predicted molar refractivity (Wildman–Crippen MR) is 147 cm³/mol. The van der Waals surface area contributed by atoms with Gasteiger partial charge in [0.25, 0.3) is 0 Å². The highest BCUT2D eigenvalue weighted by molar-refractivity contribution is 6.08. The number of nitrogens with one attached hydrogen (secondary N) is 2. The molecule has 2 aromatic carbocycles. The zero-order valence-corrected chi connectivity index (χ0v) is 22.1. The number of aliphatic carboxylic acids is 1. The Labute approximate surface area is 226 Å². The first kappa shape index (κ1) is 28.0. The number of carboxylic acid groups (broad SMARTS) is 1. The Hall–Kier alpha value is -4.02. The number of hydrogen-bond donors (Lipinski definition) is 5. The molecule has 39 heavy (non-hydrogen) atoms. The van der Waals surface area contributed by atoms with E-state index in [1.54, 1.807) is 35.4 Å². The number of fused-ring (bicyclic) bond motifs is 1. The normalized spacial score (nSPS) is 17.3. The van der Waals surface area contributed by atoms with Crippen molar-refractivity contribution < 1.29 is 24.3 Å². The molecule has 0 radical (unpaired) electrons. The fourth-order valence-corrected chi connectivity index (χ4v) is 5.33. The number of hydrogen-bond acceptors (Lipinski definition) is 6. The Kier molecular flexibility index (Phi) is 7.89. The molecule has 2 amide bonds. The van der Waals surface area contributed by atoms with Crippen molar-refractivity contribution in [2.75, 3.05) is 13.1 Å². The highest BCUT2D eigenvalue weighted by Crippen LogP contribution is 2.36. The standard InChI is InChI=1S/C29H35N5O5/c1-28(2,31)26(37)33-22(16-18-17-32-21-11-7-6-10-20(18)21)24(35)23(25(30)36)34-14-12-29(13-15-34,27(38)39)19-8-4-3-5-9-19/h3-11,17,22-23,32H,12-16,31H2,1-2H3,(H2,30,36)(H,33,37)(H,38,39). The number of rotatable bonds is 10. The number of carbonyl (C=O) groups is 4. The van der Waals surface area contributed by atoms with E-state index in [1.807, 2.05) is 30.3 Å². The molecule has 206 valence electrons. The monoisotopic (exact) mass is 533 g/mol. The number of aromatic amines is 1. The van der Waals surface area contributed by atoms with Gasteiger partial charge in [0, 0.05) is 36.6 Å². The summed E-state index contributed by atoms with van der Waals surface area (Å²) in [4.78, 5) is 56.7. The molecule has 10 heteroatoms. The number of carbonyl (C=O) groups excluding carboxylic acids is 3. The molecule has 3 aromatic rings. The maximum atomic E-state index is 13.9. The third kappa shape index (κ3) is 5.71. The summed E-state index contributed by atoms with van der Waals surface area (Å²) >= 11 is 0. The summed E-state index contributed by atoms with van der Waals surface area (Å²) in [6.45, 7) is 3.38. The van der Waals surface area contributed by atoms with Crippen molar-refractivity contribution in [2.24, 2.45) is 11.5 Å². The van der Waals surface area contributed by atoms with E-state index >= 15 is 0 Å². The van der Waals surface area contributed by atoms with Crippen LogP contribution >= 0.6 is 0 Å². The molecule has 10 nitrogen and oxygen atoms in total. The second-order valence-electron chi connectivity index (χ2n) is 10.8. The summed E-state index contributed by atoms with van der Waals surface area (Å²) in [6.07, 6.45) is 2.27. The number of nitrogens with zero attached hydrogens (tertiary/aromatic N) is 1. The number of Topliss-reactive ketones (excluding diaryl/α,β-unsaturated/α-hetero) is 1. The zero-order valence-electron chi connectivity index (χ0n) is 22.1. The number of benzene rings is 2. The van der Waals surface area contributed by atoms with Gasteiger partial charge in [0.2, 0.25) is 11.8 Å². The summed E-state index contributed by atoms with van der Waals surface area (Å²) in [7, 11) is 0. The van der Waals surface area contributed by atoms with E-state index in [0.29, 0.717) is 5.56 Å². The first-order valence-electron chi connectivity index (χ1n) is 12.9. The Morgan fingerprint density at radius 2 is 1.67 bits per heavy atom. The second-order valence-corrected chi connectivity index (χ2v) is 10.8.